The Balaban J connectivity index is 2.48. The second-order valence-electron chi connectivity index (χ2n) is 4.29. The van der Waals surface area contributed by atoms with Gasteiger partial charge in [-0.15, -0.1) is 0 Å². The molecule has 1 aromatic carbocycles. The Hall–Kier alpha value is -2.12. The predicted molar refractivity (Wildman–Crippen MR) is 74.5 cm³/mol. The van der Waals surface area contributed by atoms with Gasteiger partial charge in [0, 0.05) is 5.69 Å². The molecule has 0 aliphatic rings. The van der Waals surface area contributed by atoms with Gasteiger partial charge < -0.3 is 26.6 Å². The van der Waals surface area contributed by atoms with Gasteiger partial charge in [0.25, 0.3) is 0 Å². The number of carboxylic acid groups (broad SMARTS) is 1. The van der Waals surface area contributed by atoms with Crippen LogP contribution in [0.15, 0.2) is 24.3 Å². The number of aliphatic carboxylic acids is 1. The Morgan fingerprint density at radius 3 is 2.45 bits per heavy atom. The van der Waals surface area contributed by atoms with Crippen molar-refractivity contribution in [3.05, 3.63) is 24.3 Å². The lowest BCUT2D eigenvalue weighted by Crippen LogP contribution is -2.40. The first kappa shape index (κ1) is 15.9. The first-order valence-corrected chi connectivity index (χ1v) is 6.28. The first-order chi connectivity index (χ1) is 9.52. The molecule has 1 aromatic rings. The average molecular weight is 281 g/mol. The van der Waals surface area contributed by atoms with E-state index in [0.717, 1.165) is 0 Å². The minimum absolute atomic E-state index is 0.0925. The molecule has 1 rings (SSSR count). The largest absolute Gasteiger partial charge is 0.508 e. The molecule has 7 nitrogen and oxygen atoms in total. The Morgan fingerprint density at radius 2 is 1.90 bits per heavy atom. The Labute approximate surface area is 116 Å². The molecular weight excluding hydrogens is 262 g/mol. The number of hydrogen-bond donors (Lipinski definition) is 5. The fourth-order valence-electron chi connectivity index (χ4n) is 1.57. The number of benzene rings is 1. The highest BCUT2D eigenvalue weighted by Crippen LogP contribution is 2.14. The molecule has 1 atom stereocenters. The van der Waals surface area contributed by atoms with Gasteiger partial charge >= 0.3 is 5.97 Å². The maximum Gasteiger partial charge on any atom is 0.321 e. The van der Waals surface area contributed by atoms with Gasteiger partial charge in [-0.3, -0.25) is 9.59 Å². The Morgan fingerprint density at radius 1 is 1.25 bits per heavy atom. The molecule has 0 heterocycles. The number of carbonyl (C=O) groups excluding carboxylic acids is 1. The number of anilines is 1. The second-order valence-corrected chi connectivity index (χ2v) is 4.29. The minimum Gasteiger partial charge on any atom is -0.508 e. The molecule has 0 bridgehead atoms. The molecule has 0 unspecified atom stereocenters. The molecule has 0 fully saturated rings. The van der Waals surface area contributed by atoms with Gasteiger partial charge in [-0.2, -0.15) is 0 Å². The monoisotopic (exact) mass is 281 g/mol. The Kier molecular flexibility index (Phi) is 6.48. The van der Waals surface area contributed by atoms with Gasteiger partial charge in [0.15, 0.2) is 0 Å². The van der Waals surface area contributed by atoms with Crippen molar-refractivity contribution in [2.75, 3.05) is 18.4 Å². The highest BCUT2D eigenvalue weighted by atomic mass is 16.4. The number of rotatable bonds is 8. The summed E-state index contributed by atoms with van der Waals surface area (Å²) in [5, 5.41) is 23.5. The minimum atomic E-state index is -1.08. The fraction of sp³-hybridized carbons (Fsp3) is 0.385. The summed E-state index contributed by atoms with van der Waals surface area (Å²) in [5.41, 5.74) is 5.82. The van der Waals surface area contributed by atoms with E-state index in [4.69, 9.17) is 15.9 Å². The molecule has 7 heteroatoms. The van der Waals surface area contributed by atoms with Gasteiger partial charge in [0.05, 0.1) is 6.42 Å². The van der Waals surface area contributed by atoms with Crippen molar-refractivity contribution in [3.63, 3.8) is 0 Å². The number of carbonyl (C=O) groups is 2. The van der Waals surface area contributed by atoms with E-state index >= 15 is 0 Å². The van der Waals surface area contributed by atoms with Crippen LogP contribution in [0.25, 0.3) is 0 Å². The average Bonchev–Trinajstić information content (AvgIpc) is 2.40. The summed E-state index contributed by atoms with van der Waals surface area (Å²) in [6.45, 7) is 0.902. The Bertz CT molecular complexity index is 447. The first-order valence-electron chi connectivity index (χ1n) is 6.28. The van der Waals surface area contributed by atoms with E-state index in [1.54, 1.807) is 0 Å². The third-order valence-electron chi connectivity index (χ3n) is 2.61. The molecule has 20 heavy (non-hydrogen) atoms. The fourth-order valence-corrected chi connectivity index (χ4v) is 1.57. The van der Waals surface area contributed by atoms with Crippen LogP contribution in [0.3, 0.4) is 0 Å². The molecular formula is C13H19N3O4. The number of nitrogens with two attached hydrogens (primary N) is 1. The van der Waals surface area contributed by atoms with Gasteiger partial charge in [-0.25, -0.2) is 0 Å². The number of amides is 1. The number of nitrogens with one attached hydrogen (secondary N) is 2. The van der Waals surface area contributed by atoms with Gasteiger partial charge in [0.1, 0.15) is 11.8 Å². The molecule has 0 radical (unpaired) electrons. The van der Waals surface area contributed by atoms with Crippen molar-refractivity contribution in [1.29, 1.82) is 0 Å². The van der Waals surface area contributed by atoms with E-state index < -0.39 is 17.9 Å². The lowest BCUT2D eigenvalue weighted by atomic mass is 10.2. The molecule has 0 saturated carbocycles. The van der Waals surface area contributed by atoms with E-state index in [1.165, 1.54) is 24.3 Å². The summed E-state index contributed by atoms with van der Waals surface area (Å²) < 4.78 is 0. The molecule has 0 aliphatic carbocycles. The van der Waals surface area contributed by atoms with Crippen molar-refractivity contribution in [2.45, 2.75) is 18.9 Å². The van der Waals surface area contributed by atoms with E-state index in [1.807, 2.05) is 0 Å². The van der Waals surface area contributed by atoms with Crippen LogP contribution in [-0.2, 0) is 9.59 Å². The summed E-state index contributed by atoms with van der Waals surface area (Å²) in [4.78, 5) is 22.8. The predicted octanol–water partition coefficient (Wildman–Crippen LogP) is 0.112. The van der Waals surface area contributed by atoms with Crippen LogP contribution >= 0.6 is 0 Å². The molecule has 110 valence electrons. The standard InChI is InChI=1S/C13H19N3O4/c14-6-1-7-15-11(13(19)20)8-12(18)16-9-2-4-10(17)5-3-9/h2-5,11,15,17H,1,6-8,14H2,(H,16,18)(H,19,20)/t11-/m0/s1. The summed E-state index contributed by atoms with van der Waals surface area (Å²) in [6.07, 6.45) is 0.462. The quantitative estimate of drug-likeness (QED) is 0.340. The number of aromatic hydroxyl groups is 1. The van der Waals surface area contributed by atoms with E-state index in [2.05, 4.69) is 10.6 Å². The molecule has 0 aromatic heterocycles. The van der Waals surface area contributed by atoms with Crippen molar-refractivity contribution < 1.29 is 19.8 Å². The van der Waals surface area contributed by atoms with Gasteiger partial charge in [-0.05, 0) is 43.8 Å². The topological polar surface area (TPSA) is 125 Å². The zero-order valence-electron chi connectivity index (χ0n) is 11.0. The smallest absolute Gasteiger partial charge is 0.321 e. The number of hydrogen-bond acceptors (Lipinski definition) is 5. The molecule has 0 saturated heterocycles. The maximum atomic E-state index is 11.7. The third kappa shape index (κ3) is 5.68. The summed E-state index contributed by atoms with van der Waals surface area (Å²) >= 11 is 0. The number of phenols is 1. The zero-order chi connectivity index (χ0) is 15.0. The summed E-state index contributed by atoms with van der Waals surface area (Å²) in [7, 11) is 0. The highest BCUT2D eigenvalue weighted by molar-refractivity contribution is 5.94. The molecule has 6 N–H and O–H groups in total. The highest BCUT2D eigenvalue weighted by Gasteiger charge is 2.20. The van der Waals surface area contributed by atoms with Crippen molar-refractivity contribution in [1.82, 2.24) is 5.32 Å². The van der Waals surface area contributed by atoms with Gasteiger partial charge in [-0.1, -0.05) is 0 Å². The summed E-state index contributed by atoms with van der Waals surface area (Å²) in [6, 6.07) is 4.99. The van der Waals surface area contributed by atoms with Crippen LogP contribution < -0.4 is 16.4 Å². The molecule has 1 amide bonds. The van der Waals surface area contributed by atoms with Crippen LogP contribution in [0.1, 0.15) is 12.8 Å². The van der Waals surface area contributed by atoms with Crippen molar-refractivity contribution in [2.24, 2.45) is 5.73 Å². The SMILES string of the molecule is NCCCN[C@@H](CC(=O)Nc1ccc(O)cc1)C(=O)O. The number of carboxylic acids is 1. The molecule has 0 aliphatic heterocycles. The van der Waals surface area contributed by atoms with Crippen LogP contribution in [0.2, 0.25) is 0 Å². The number of phenolic OH excluding ortho intramolecular Hbond substituents is 1. The normalized spacial score (nSPS) is 11.8. The van der Waals surface area contributed by atoms with Crippen molar-refractivity contribution >= 4 is 17.6 Å². The lowest BCUT2D eigenvalue weighted by molar-refractivity contribution is -0.141. The second kappa shape index (κ2) is 8.13. The van der Waals surface area contributed by atoms with Crippen LogP contribution in [0.5, 0.6) is 5.75 Å². The molecule has 0 spiro atoms. The lowest BCUT2D eigenvalue weighted by Gasteiger charge is -2.14. The maximum absolute atomic E-state index is 11.7. The third-order valence-corrected chi connectivity index (χ3v) is 2.61. The van der Waals surface area contributed by atoms with Gasteiger partial charge in [0.2, 0.25) is 5.91 Å². The van der Waals surface area contributed by atoms with E-state index in [-0.39, 0.29) is 12.2 Å². The van der Waals surface area contributed by atoms with E-state index in [0.29, 0.717) is 25.2 Å². The summed E-state index contributed by atoms with van der Waals surface area (Å²) in [5.74, 6) is -1.40. The van der Waals surface area contributed by atoms with Crippen molar-refractivity contribution in [3.8, 4) is 5.75 Å². The van der Waals surface area contributed by atoms with E-state index in [9.17, 15) is 9.59 Å². The van der Waals surface area contributed by atoms with Crippen LogP contribution in [0.4, 0.5) is 5.69 Å². The van der Waals surface area contributed by atoms with Crippen LogP contribution in [0, 0.1) is 0 Å². The van der Waals surface area contributed by atoms with Crippen LogP contribution in [-0.4, -0.2) is 41.2 Å². The zero-order valence-corrected chi connectivity index (χ0v) is 11.0.